The minimum atomic E-state index is 0.515. The van der Waals surface area contributed by atoms with Crippen molar-refractivity contribution in [2.24, 2.45) is 0 Å². The Morgan fingerprint density at radius 2 is 2.17 bits per heavy atom. The van der Waals surface area contributed by atoms with Crippen LogP contribution in [0.4, 0.5) is 0 Å². The Labute approximate surface area is 104 Å². The van der Waals surface area contributed by atoms with Gasteiger partial charge in [-0.15, -0.1) is 0 Å². The van der Waals surface area contributed by atoms with Gasteiger partial charge in [-0.05, 0) is 19.1 Å². The van der Waals surface area contributed by atoms with Gasteiger partial charge in [0.05, 0.1) is 0 Å². The molecule has 0 atom stereocenters. The van der Waals surface area contributed by atoms with Crippen molar-refractivity contribution in [3.05, 3.63) is 53.9 Å². The van der Waals surface area contributed by atoms with Crippen LogP contribution in [0.2, 0.25) is 0 Å². The summed E-state index contributed by atoms with van der Waals surface area (Å²) >= 11 is 0. The lowest BCUT2D eigenvalue weighted by Gasteiger charge is -1.98. The third-order valence-corrected chi connectivity index (χ3v) is 2.80. The Morgan fingerprint density at radius 3 is 2.94 bits per heavy atom. The van der Waals surface area contributed by atoms with Gasteiger partial charge in [0.25, 0.3) is 0 Å². The number of hydrogen-bond acceptors (Lipinski definition) is 3. The van der Waals surface area contributed by atoms with Gasteiger partial charge in [-0.3, -0.25) is 0 Å². The molecule has 4 nitrogen and oxygen atoms in total. The lowest BCUT2D eigenvalue weighted by Crippen LogP contribution is -1.87. The summed E-state index contributed by atoms with van der Waals surface area (Å²) in [6.07, 6.45) is 3.46. The molecule has 0 aliphatic heterocycles. The molecule has 0 fully saturated rings. The first-order valence-corrected chi connectivity index (χ1v) is 5.60. The molecule has 0 unspecified atom stereocenters. The number of aromatic nitrogens is 3. The van der Waals surface area contributed by atoms with Gasteiger partial charge in [0.2, 0.25) is 0 Å². The van der Waals surface area contributed by atoms with Crippen LogP contribution in [0.15, 0.2) is 42.7 Å². The number of fused-ring (bicyclic) bond motifs is 1. The van der Waals surface area contributed by atoms with Crippen LogP contribution in [-0.4, -0.2) is 14.6 Å². The number of hydrogen-bond donors (Lipinski definition) is 0. The third kappa shape index (κ3) is 1.54. The zero-order valence-corrected chi connectivity index (χ0v) is 9.83. The summed E-state index contributed by atoms with van der Waals surface area (Å²) in [5.74, 6) is 0. The van der Waals surface area contributed by atoms with Crippen LogP contribution in [-0.2, 0) is 0 Å². The smallest absolute Gasteiger partial charge is 0.173 e. The number of nitrogens with zero attached hydrogens (tertiary/aromatic N) is 4. The van der Waals surface area contributed by atoms with Crippen molar-refractivity contribution in [3.63, 3.8) is 0 Å². The standard InChI is InChI=1S/C14H10N4/c1-10-4-2-5-11(8-10)13-12(9-15)14-16-6-3-7-18(14)17-13/h2-8H,1H3. The quantitative estimate of drug-likeness (QED) is 0.650. The maximum atomic E-state index is 9.29. The van der Waals surface area contributed by atoms with E-state index in [-0.39, 0.29) is 0 Å². The van der Waals surface area contributed by atoms with Crippen molar-refractivity contribution in [2.75, 3.05) is 0 Å². The summed E-state index contributed by atoms with van der Waals surface area (Å²) in [6.45, 7) is 2.02. The Bertz CT molecular complexity index is 765. The van der Waals surface area contributed by atoms with Gasteiger partial charge < -0.3 is 0 Å². The molecule has 2 heterocycles. The molecule has 0 saturated heterocycles. The molecule has 3 aromatic rings. The highest BCUT2D eigenvalue weighted by Gasteiger charge is 2.14. The van der Waals surface area contributed by atoms with Gasteiger partial charge in [0.15, 0.2) is 5.65 Å². The molecule has 86 valence electrons. The first kappa shape index (κ1) is 10.5. The van der Waals surface area contributed by atoms with E-state index in [1.165, 1.54) is 0 Å². The van der Waals surface area contributed by atoms with E-state index in [9.17, 15) is 5.26 Å². The maximum absolute atomic E-state index is 9.29. The highest BCUT2D eigenvalue weighted by atomic mass is 15.2. The van der Waals surface area contributed by atoms with E-state index in [2.05, 4.69) is 16.2 Å². The van der Waals surface area contributed by atoms with Crippen molar-refractivity contribution in [1.29, 1.82) is 5.26 Å². The molecule has 0 saturated carbocycles. The van der Waals surface area contributed by atoms with Gasteiger partial charge in [-0.1, -0.05) is 23.8 Å². The van der Waals surface area contributed by atoms with Crippen LogP contribution in [0.25, 0.3) is 16.9 Å². The number of nitriles is 1. The van der Waals surface area contributed by atoms with Crippen LogP contribution < -0.4 is 0 Å². The monoisotopic (exact) mass is 234 g/mol. The normalized spacial score (nSPS) is 10.4. The number of benzene rings is 1. The summed E-state index contributed by atoms with van der Waals surface area (Å²) in [4.78, 5) is 4.20. The SMILES string of the molecule is Cc1cccc(-c2nn3cccnc3c2C#N)c1. The molecule has 0 radical (unpaired) electrons. The maximum Gasteiger partial charge on any atom is 0.173 e. The fourth-order valence-corrected chi connectivity index (χ4v) is 1.98. The molecule has 0 aliphatic carbocycles. The predicted molar refractivity (Wildman–Crippen MR) is 67.9 cm³/mol. The molecule has 0 bridgehead atoms. The molecule has 0 spiro atoms. The molecule has 2 aromatic heterocycles. The molecule has 0 amide bonds. The van der Waals surface area contributed by atoms with Crippen LogP contribution in [0, 0.1) is 18.3 Å². The molecule has 1 aromatic carbocycles. The van der Waals surface area contributed by atoms with E-state index in [4.69, 9.17) is 0 Å². The van der Waals surface area contributed by atoms with Gasteiger partial charge in [0.1, 0.15) is 17.3 Å². The van der Waals surface area contributed by atoms with E-state index >= 15 is 0 Å². The number of aryl methyl sites for hydroxylation is 1. The largest absolute Gasteiger partial charge is 0.236 e. The van der Waals surface area contributed by atoms with Gasteiger partial charge in [-0.2, -0.15) is 10.4 Å². The highest BCUT2D eigenvalue weighted by Crippen LogP contribution is 2.24. The minimum Gasteiger partial charge on any atom is -0.236 e. The van der Waals surface area contributed by atoms with Crippen molar-refractivity contribution < 1.29 is 0 Å². The van der Waals surface area contributed by atoms with E-state index in [1.54, 1.807) is 23.0 Å². The van der Waals surface area contributed by atoms with Gasteiger partial charge in [0, 0.05) is 18.0 Å². The Balaban J connectivity index is 2.33. The fraction of sp³-hybridized carbons (Fsp3) is 0.0714. The fourth-order valence-electron chi connectivity index (χ4n) is 1.98. The highest BCUT2D eigenvalue weighted by molar-refractivity contribution is 5.75. The van der Waals surface area contributed by atoms with Crippen molar-refractivity contribution >= 4 is 5.65 Å². The Kier molecular flexibility index (Phi) is 2.31. The molecule has 0 aliphatic rings. The second kappa shape index (κ2) is 3.97. The van der Waals surface area contributed by atoms with E-state index in [1.807, 2.05) is 31.2 Å². The molecular formula is C14H10N4. The lowest BCUT2D eigenvalue weighted by atomic mass is 10.1. The van der Waals surface area contributed by atoms with Crippen molar-refractivity contribution in [3.8, 4) is 17.3 Å². The molecular weight excluding hydrogens is 224 g/mol. The van der Waals surface area contributed by atoms with E-state index in [0.29, 0.717) is 16.9 Å². The second-order valence-corrected chi connectivity index (χ2v) is 4.09. The van der Waals surface area contributed by atoms with Gasteiger partial charge in [-0.25, -0.2) is 9.50 Å². The summed E-state index contributed by atoms with van der Waals surface area (Å²) in [6, 6.07) is 11.9. The third-order valence-electron chi connectivity index (χ3n) is 2.80. The summed E-state index contributed by atoms with van der Waals surface area (Å²) in [5.41, 5.74) is 3.87. The van der Waals surface area contributed by atoms with Crippen LogP contribution in [0.1, 0.15) is 11.1 Å². The van der Waals surface area contributed by atoms with Crippen LogP contribution >= 0.6 is 0 Å². The summed E-state index contributed by atoms with van der Waals surface area (Å²) < 4.78 is 1.64. The lowest BCUT2D eigenvalue weighted by molar-refractivity contribution is 0.943. The zero-order valence-electron chi connectivity index (χ0n) is 9.83. The zero-order chi connectivity index (χ0) is 12.5. The van der Waals surface area contributed by atoms with Crippen LogP contribution in [0.3, 0.4) is 0 Å². The topological polar surface area (TPSA) is 54.0 Å². The molecule has 0 N–H and O–H groups in total. The first-order valence-electron chi connectivity index (χ1n) is 5.60. The average Bonchev–Trinajstić information content (AvgIpc) is 2.77. The molecule has 18 heavy (non-hydrogen) atoms. The van der Waals surface area contributed by atoms with Crippen molar-refractivity contribution in [2.45, 2.75) is 6.92 Å². The van der Waals surface area contributed by atoms with Gasteiger partial charge >= 0.3 is 0 Å². The van der Waals surface area contributed by atoms with Crippen LogP contribution in [0.5, 0.6) is 0 Å². The van der Waals surface area contributed by atoms with Crippen molar-refractivity contribution in [1.82, 2.24) is 14.6 Å². The number of rotatable bonds is 1. The predicted octanol–water partition coefficient (Wildman–Crippen LogP) is 2.58. The first-order chi connectivity index (χ1) is 8.79. The second-order valence-electron chi connectivity index (χ2n) is 4.09. The Morgan fingerprint density at radius 1 is 1.28 bits per heavy atom. The van der Waals surface area contributed by atoms with E-state index < -0.39 is 0 Å². The summed E-state index contributed by atoms with van der Waals surface area (Å²) in [5, 5.41) is 13.7. The van der Waals surface area contributed by atoms with E-state index in [0.717, 1.165) is 11.1 Å². The molecule has 3 rings (SSSR count). The minimum absolute atomic E-state index is 0.515. The molecule has 4 heteroatoms. The average molecular weight is 234 g/mol. The summed E-state index contributed by atoms with van der Waals surface area (Å²) in [7, 11) is 0. The Hall–Kier alpha value is -2.67.